The van der Waals surface area contributed by atoms with Gasteiger partial charge in [0.25, 0.3) is 5.91 Å². The average Bonchev–Trinajstić information content (AvgIpc) is 2.75. The Balaban J connectivity index is 1.94. The van der Waals surface area contributed by atoms with Crippen LogP contribution in [-0.4, -0.2) is 46.9 Å². The molecule has 0 saturated heterocycles. The van der Waals surface area contributed by atoms with Crippen molar-refractivity contribution in [2.24, 2.45) is 0 Å². The lowest BCUT2D eigenvalue weighted by molar-refractivity contribution is -0.142. The van der Waals surface area contributed by atoms with Crippen molar-refractivity contribution in [3.05, 3.63) is 48.0 Å². The predicted molar refractivity (Wildman–Crippen MR) is 108 cm³/mol. The van der Waals surface area contributed by atoms with E-state index in [9.17, 15) is 9.59 Å². The first-order chi connectivity index (χ1) is 14.0. The van der Waals surface area contributed by atoms with Crippen LogP contribution in [0, 0.1) is 0 Å². The maximum absolute atomic E-state index is 11.9. The molecule has 1 N–H and O–H groups in total. The van der Waals surface area contributed by atoms with Crippen molar-refractivity contribution in [3.8, 4) is 23.0 Å². The predicted octanol–water partition coefficient (Wildman–Crippen LogP) is 2.92. The number of methoxy groups -OCH3 is 4. The van der Waals surface area contributed by atoms with Gasteiger partial charge in [-0.2, -0.15) is 0 Å². The number of nitrogens with one attached hydrogen (secondary N) is 1. The molecule has 1 amide bonds. The van der Waals surface area contributed by atoms with Crippen LogP contribution in [0.1, 0.15) is 5.56 Å². The number of esters is 1. The van der Waals surface area contributed by atoms with Gasteiger partial charge in [-0.05, 0) is 35.9 Å². The van der Waals surface area contributed by atoms with Crippen LogP contribution in [0.25, 0.3) is 6.08 Å². The molecular formula is C21H23NO7. The molecule has 0 atom stereocenters. The standard InChI is InChI=1S/C21H23NO7/c1-25-16-7-5-6-15(12-16)22-19(23)13-29-20(24)9-8-14-10-17(26-2)21(28-4)18(11-14)27-3/h5-12H,13H2,1-4H3,(H,22,23). The van der Waals surface area contributed by atoms with Gasteiger partial charge in [-0.1, -0.05) is 6.07 Å². The fourth-order valence-electron chi connectivity index (χ4n) is 2.44. The Hall–Kier alpha value is -3.68. The minimum absolute atomic E-state index is 0.421. The van der Waals surface area contributed by atoms with Crippen LogP contribution in [0.2, 0.25) is 0 Å². The first-order valence-electron chi connectivity index (χ1n) is 8.59. The fraction of sp³-hybridized carbons (Fsp3) is 0.238. The van der Waals surface area contributed by atoms with E-state index in [1.54, 1.807) is 36.4 Å². The molecule has 0 unspecified atom stereocenters. The summed E-state index contributed by atoms with van der Waals surface area (Å²) in [6, 6.07) is 10.2. The van der Waals surface area contributed by atoms with E-state index in [1.807, 2.05) is 0 Å². The molecular weight excluding hydrogens is 378 g/mol. The second kappa shape index (κ2) is 10.6. The average molecular weight is 401 g/mol. The van der Waals surface area contributed by atoms with E-state index in [0.29, 0.717) is 34.2 Å². The quantitative estimate of drug-likeness (QED) is 0.510. The Labute approximate surface area is 169 Å². The molecule has 0 aliphatic heterocycles. The molecule has 0 aliphatic carbocycles. The topological polar surface area (TPSA) is 92.3 Å². The number of hydrogen-bond donors (Lipinski definition) is 1. The van der Waals surface area contributed by atoms with Gasteiger partial charge in [0, 0.05) is 17.8 Å². The minimum atomic E-state index is -0.667. The van der Waals surface area contributed by atoms with Crippen LogP contribution in [0.3, 0.4) is 0 Å². The van der Waals surface area contributed by atoms with Gasteiger partial charge in [0.1, 0.15) is 5.75 Å². The van der Waals surface area contributed by atoms with Crippen molar-refractivity contribution in [2.45, 2.75) is 0 Å². The zero-order valence-electron chi connectivity index (χ0n) is 16.7. The lowest BCUT2D eigenvalue weighted by Crippen LogP contribution is -2.20. The van der Waals surface area contributed by atoms with E-state index in [0.717, 1.165) is 0 Å². The van der Waals surface area contributed by atoms with Gasteiger partial charge in [0.05, 0.1) is 28.4 Å². The van der Waals surface area contributed by atoms with Gasteiger partial charge in [-0.15, -0.1) is 0 Å². The Bertz CT molecular complexity index is 867. The number of carbonyl (C=O) groups is 2. The Kier molecular flexibility index (Phi) is 7.90. The zero-order chi connectivity index (χ0) is 21.2. The van der Waals surface area contributed by atoms with E-state index in [-0.39, 0.29) is 0 Å². The second-order valence-electron chi connectivity index (χ2n) is 5.68. The first-order valence-corrected chi connectivity index (χ1v) is 8.59. The fourth-order valence-corrected chi connectivity index (χ4v) is 2.44. The van der Waals surface area contributed by atoms with Crippen LogP contribution in [0.4, 0.5) is 5.69 Å². The van der Waals surface area contributed by atoms with Crippen molar-refractivity contribution in [3.63, 3.8) is 0 Å². The SMILES string of the molecule is COc1cccc(NC(=O)COC(=O)C=Cc2cc(OC)c(OC)c(OC)c2)c1. The van der Waals surface area contributed by atoms with Crippen molar-refractivity contribution in [2.75, 3.05) is 40.4 Å². The second-order valence-corrected chi connectivity index (χ2v) is 5.68. The molecule has 8 nitrogen and oxygen atoms in total. The van der Waals surface area contributed by atoms with Crippen LogP contribution in [0.15, 0.2) is 42.5 Å². The lowest BCUT2D eigenvalue weighted by Gasteiger charge is -2.12. The first kappa shape index (κ1) is 21.6. The zero-order valence-corrected chi connectivity index (χ0v) is 16.7. The lowest BCUT2D eigenvalue weighted by atomic mass is 10.1. The summed E-state index contributed by atoms with van der Waals surface area (Å²) >= 11 is 0. The van der Waals surface area contributed by atoms with Gasteiger partial charge < -0.3 is 29.0 Å². The third-order valence-electron chi connectivity index (χ3n) is 3.80. The molecule has 0 saturated carbocycles. The van der Waals surface area contributed by atoms with Crippen LogP contribution >= 0.6 is 0 Å². The van der Waals surface area contributed by atoms with E-state index < -0.39 is 18.5 Å². The molecule has 0 fully saturated rings. The summed E-state index contributed by atoms with van der Waals surface area (Å²) in [6.07, 6.45) is 2.73. The molecule has 8 heteroatoms. The summed E-state index contributed by atoms with van der Waals surface area (Å²) in [5.74, 6) is 0.833. The molecule has 29 heavy (non-hydrogen) atoms. The highest BCUT2D eigenvalue weighted by Gasteiger charge is 2.12. The summed E-state index contributed by atoms with van der Waals surface area (Å²) in [4.78, 5) is 23.8. The van der Waals surface area contributed by atoms with Gasteiger partial charge in [-0.25, -0.2) is 4.79 Å². The number of ether oxygens (including phenoxy) is 5. The van der Waals surface area contributed by atoms with Gasteiger partial charge >= 0.3 is 5.97 Å². The van der Waals surface area contributed by atoms with Gasteiger partial charge in [-0.3, -0.25) is 4.79 Å². The number of amides is 1. The molecule has 0 spiro atoms. The largest absolute Gasteiger partial charge is 0.497 e. The summed E-state index contributed by atoms with van der Waals surface area (Å²) in [5.41, 5.74) is 1.18. The highest BCUT2D eigenvalue weighted by molar-refractivity contribution is 5.94. The van der Waals surface area contributed by atoms with Gasteiger partial charge in [0.2, 0.25) is 5.75 Å². The third kappa shape index (κ3) is 6.17. The third-order valence-corrected chi connectivity index (χ3v) is 3.80. The van der Waals surface area contributed by atoms with Crippen LogP contribution < -0.4 is 24.3 Å². The maximum atomic E-state index is 11.9. The van der Waals surface area contributed by atoms with E-state index in [1.165, 1.54) is 40.6 Å². The minimum Gasteiger partial charge on any atom is -0.497 e. The van der Waals surface area contributed by atoms with E-state index >= 15 is 0 Å². The summed E-state index contributed by atoms with van der Waals surface area (Å²) in [6.45, 7) is -0.421. The number of hydrogen-bond acceptors (Lipinski definition) is 7. The molecule has 0 radical (unpaired) electrons. The van der Waals surface area contributed by atoms with Crippen LogP contribution in [0.5, 0.6) is 23.0 Å². The highest BCUT2D eigenvalue weighted by atomic mass is 16.5. The van der Waals surface area contributed by atoms with Crippen molar-refractivity contribution in [1.29, 1.82) is 0 Å². The number of benzene rings is 2. The number of anilines is 1. The summed E-state index contributed by atoms with van der Waals surface area (Å²) < 4.78 is 25.8. The number of carbonyl (C=O) groups excluding carboxylic acids is 2. The molecule has 0 heterocycles. The Morgan fingerprint density at radius 3 is 2.21 bits per heavy atom. The Morgan fingerprint density at radius 1 is 0.931 bits per heavy atom. The number of rotatable bonds is 9. The summed E-state index contributed by atoms with van der Waals surface area (Å²) in [5, 5.41) is 2.62. The summed E-state index contributed by atoms with van der Waals surface area (Å²) in [7, 11) is 6.03. The van der Waals surface area contributed by atoms with Crippen LogP contribution in [-0.2, 0) is 14.3 Å². The molecule has 0 aromatic heterocycles. The molecule has 2 aromatic carbocycles. The van der Waals surface area contributed by atoms with Gasteiger partial charge in [0.15, 0.2) is 18.1 Å². The van der Waals surface area contributed by atoms with E-state index in [4.69, 9.17) is 23.7 Å². The monoisotopic (exact) mass is 401 g/mol. The molecule has 0 aliphatic rings. The van der Waals surface area contributed by atoms with Crippen molar-refractivity contribution >= 4 is 23.6 Å². The van der Waals surface area contributed by atoms with E-state index in [2.05, 4.69) is 5.32 Å². The smallest absolute Gasteiger partial charge is 0.331 e. The molecule has 154 valence electrons. The van der Waals surface area contributed by atoms with Crippen molar-refractivity contribution < 1.29 is 33.3 Å². The molecule has 2 rings (SSSR count). The normalized spacial score (nSPS) is 10.3. The molecule has 2 aromatic rings. The maximum Gasteiger partial charge on any atom is 0.331 e. The highest BCUT2D eigenvalue weighted by Crippen LogP contribution is 2.38. The Morgan fingerprint density at radius 2 is 1.62 bits per heavy atom. The molecule has 0 bridgehead atoms. The van der Waals surface area contributed by atoms with Crippen molar-refractivity contribution in [1.82, 2.24) is 0 Å².